The minimum absolute atomic E-state index is 0.154. The van der Waals surface area contributed by atoms with Crippen LogP contribution in [0.15, 0.2) is 10.9 Å². The van der Waals surface area contributed by atoms with Crippen LogP contribution in [0.3, 0.4) is 0 Å². The van der Waals surface area contributed by atoms with E-state index in [9.17, 15) is 4.79 Å². The number of carbonyl (C=O) groups excluding carboxylic acids is 1. The van der Waals surface area contributed by atoms with E-state index in [-0.39, 0.29) is 4.69 Å². The summed E-state index contributed by atoms with van der Waals surface area (Å²) < 4.78 is -0.154. The lowest BCUT2D eigenvalue weighted by atomic mass is 10.6. The van der Waals surface area contributed by atoms with Gasteiger partial charge in [-0.2, -0.15) is 0 Å². The fourth-order valence-electron chi connectivity index (χ4n) is 0.310. The Bertz CT molecular complexity index is 184. The average molecular weight is 192 g/mol. The number of halogens is 1. The summed E-state index contributed by atoms with van der Waals surface area (Å²) in [7, 11) is 0. The first-order chi connectivity index (χ1) is 3.80. The molecule has 2 nitrogen and oxygen atoms in total. The van der Waals surface area contributed by atoms with Crippen LogP contribution >= 0.6 is 27.3 Å². The molecule has 4 heteroatoms. The van der Waals surface area contributed by atoms with E-state index >= 15 is 0 Å². The zero-order valence-electron chi connectivity index (χ0n) is 3.80. The first-order valence-corrected chi connectivity index (χ1v) is 3.62. The molecule has 0 aromatic carbocycles. The van der Waals surface area contributed by atoms with Crippen molar-refractivity contribution in [1.29, 1.82) is 0 Å². The third-order valence-corrected chi connectivity index (χ3v) is 1.63. The van der Waals surface area contributed by atoms with E-state index in [1.807, 2.05) is 0 Å². The fraction of sp³-hybridized carbons (Fsp3) is 0. The Morgan fingerprint density at radius 2 is 2.62 bits per heavy atom. The van der Waals surface area contributed by atoms with Crippen LogP contribution in [-0.2, 0) is 0 Å². The minimum Gasteiger partial charge on any atom is -0.279 e. The molecule has 0 saturated carbocycles. The average Bonchev–Trinajstić information content (AvgIpc) is 2.12. The second kappa shape index (κ2) is 2.37. The summed E-state index contributed by atoms with van der Waals surface area (Å²) in [5.41, 5.74) is 2.10. The minimum atomic E-state index is -0.154. The molecule has 0 amide bonds. The normalized spacial score (nSPS) is 9.12. The molecule has 0 atom stereocenters. The number of carbonyl (C=O) groups is 1. The molecular weight excluding hydrogens is 190 g/mol. The van der Waals surface area contributed by atoms with E-state index in [2.05, 4.69) is 20.9 Å². The Morgan fingerprint density at radius 1 is 1.88 bits per heavy atom. The summed E-state index contributed by atoms with van der Waals surface area (Å²) in [4.78, 5) is 14.1. The summed E-state index contributed by atoms with van der Waals surface area (Å²) in [5, 5.41) is 1.69. The second-order valence-electron chi connectivity index (χ2n) is 1.15. The van der Waals surface area contributed by atoms with Gasteiger partial charge in [0, 0.05) is 5.38 Å². The van der Waals surface area contributed by atoms with Gasteiger partial charge in [-0.3, -0.25) is 4.79 Å². The number of hydrogen-bond acceptors (Lipinski definition) is 3. The molecule has 0 N–H and O–H groups in total. The predicted molar refractivity (Wildman–Crippen MR) is 35.4 cm³/mol. The molecule has 0 radical (unpaired) electrons. The third-order valence-electron chi connectivity index (χ3n) is 0.634. The van der Waals surface area contributed by atoms with Crippen LogP contribution in [0.25, 0.3) is 0 Å². The van der Waals surface area contributed by atoms with Crippen LogP contribution in [0, 0.1) is 0 Å². The van der Waals surface area contributed by atoms with Gasteiger partial charge in [0.2, 0.25) is 4.69 Å². The van der Waals surface area contributed by atoms with Gasteiger partial charge in [0.05, 0.1) is 5.51 Å². The molecule has 0 aliphatic rings. The van der Waals surface area contributed by atoms with Gasteiger partial charge >= 0.3 is 0 Å². The standard InChI is InChI=1S/C4H2BrNOS/c5-4(7)3-1-8-2-6-3/h1-2H. The fourth-order valence-corrected chi connectivity index (χ4v) is 1.21. The number of thiazole rings is 1. The van der Waals surface area contributed by atoms with Gasteiger partial charge in [-0.25, -0.2) is 4.98 Å². The predicted octanol–water partition coefficient (Wildman–Crippen LogP) is 1.68. The largest absolute Gasteiger partial charge is 0.279 e. The molecule has 42 valence electrons. The molecule has 1 rings (SSSR count). The van der Waals surface area contributed by atoms with E-state index in [0.717, 1.165) is 0 Å². The van der Waals surface area contributed by atoms with Crippen molar-refractivity contribution < 1.29 is 4.79 Å². The van der Waals surface area contributed by atoms with Crippen molar-refractivity contribution in [3.05, 3.63) is 16.6 Å². The Hall–Kier alpha value is -0.220. The highest BCUT2D eigenvalue weighted by atomic mass is 79.9. The maximum absolute atomic E-state index is 10.4. The Kier molecular flexibility index (Phi) is 1.75. The number of hydrogen-bond donors (Lipinski definition) is 0. The van der Waals surface area contributed by atoms with Crippen LogP contribution < -0.4 is 0 Å². The number of aromatic nitrogens is 1. The van der Waals surface area contributed by atoms with Crippen LogP contribution in [-0.4, -0.2) is 9.68 Å². The first-order valence-electron chi connectivity index (χ1n) is 1.88. The third kappa shape index (κ3) is 1.14. The topological polar surface area (TPSA) is 30.0 Å². The molecule has 1 heterocycles. The van der Waals surface area contributed by atoms with Gasteiger partial charge in [-0.05, 0) is 15.9 Å². The molecule has 0 saturated heterocycles. The van der Waals surface area contributed by atoms with Crippen LogP contribution in [0.1, 0.15) is 10.5 Å². The van der Waals surface area contributed by atoms with E-state index in [0.29, 0.717) is 5.69 Å². The zero-order chi connectivity index (χ0) is 5.98. The van der Waals surface area contributed by atoms with E-state index < -0.39 is 0 Å². The van der Waals surface area contributed by atoms with Gasteiger partial charge in [0.25, 0.3) is 0 Å². The molecule has 0 spiro atoms. The molecular formula is C4H2BrNOS. The molecule has 0 aliphatic heterocycles. The lowest BCUT2D eigenvalue weighted by Crippen LogP contribution is -1.84. The first kappa shape index (κ1) is 5.91. The van der Waals surface area contributed by atoms with E-state index in [4.69, 9.17) is 0 Å². The lowest BCUT2D eigenvalue weighted by molar-refractivity contribution is 0.109. The SMILES string of the molecule is O=C(Br)c1cscn1. The van der Waals surface area contributed by atoms with Crippen molar-refractivity contribution in [2.45, 2.75) is 0 Å². The summed E-state index contributed by atoms with van der Waals surface area (Å²) in [5.74, 6) is 0. The van der Waals surface area contributed by atoms with Gasteiger partial charge in [0.15, 0.2) is 0 Å². The molecule has 0 unspecified atom stereocenters. The van der Waals surface area contributed by atoms with Crippen molar-refractivity contribution in [1.82, 2.24) is 4.98 Å². The maximum Gasteiger partial charge on any atom is 0.247 e. The van der Waals surface area contributed by atoms with Gasteiger partial charge in [-0.15, -0.1) is 11.3 Å². The van der Waals surface area contributed by atoms with E-state index in [1.54, 1.807) is 10.9 Å². The van der Waals surface area contributed by atoms with Gasteiger partial charge in [-0.1, -0.05) is 0 Å². The highest BCUT2D eigenvalue weighted by Crippen LogP contribution is 2.04. The Morgan fingerprint density at radius 3 is 2.88 bits per heavy atom. The molecule has 0 bridgehead atoms. The van der Waals surface area contributed by atoms with Crippen LogP contribution in [0.5, 0.6) is 0 Å². The van der Waals surface area contributed by atoms with Crippen molar-refractivity contribution in [2.75, 3.05) is 0 Å². The molecule has 1 aromatic rings. The van der Waals surface area contributed by atoms with Crippen LogP contribution in [0.4, 0.5) is 0 Å². The van der Waals surface area contributed by atoms with Crippen molar-refractivity contribution in [3.8, 4) is 0 Å². The lowest BCUT2D eigenvalue weighted by Gasteiger charge is -1.76. The molecule has 1 aromatic heterocycles. The summed E-state index contributed by atoms with van der Waals surface area (Å²) in [6.45, 7) is 0. The van der Waals surface area contributed by atoms with E-state index in [1.165, 1.54) is 11.3 Å². The highest BCUT2D eigenvalue weighted by molar-refractivity contribution is 9.18. The van der Waals surface area contributed by atoms with Gasteiger partial charge < -0.3 is 0 Å². The van der Waals surface area contributed by atoms with Crippen molar-refractivity contribution in [2.24, 2.45) is 0 Å². The summed E-state index contributed by atoms with van der Waals surface area (Å²) in [6.07, 6.45) is 0. The van der Waals surface area contributed by atoms with Crippen molar-refractivity contribution in [3.63, 3.8) is 0 Å². The van der Waals surface area contributed by atoms with Crippen molar-refractivity contribution >= 4 is 32.0 Å². The van der Waals surface area contributed by atoms with Gasteiger partial charge in [0.1, 0.15) is 5.69 Å². The van der Waals surface area contributed by atoms with Crippen LogP contribution in [0.2, 0.25) is 0 Å². The molecule has 0 aliphatic carbocycles. The maximum atomic E-state index is 10.4. The Labute approximate surface area is 58.7 Å². The Balaban J connectivity index is 2.93. The molecule has 8 heavy (non-hydrogen) atoms. The monoisotopic (exact) mass is 191 g/mol. The summed E-state index contributed by atoms with van der Waals surface area (Å²) >= 11 is 4.17. The number of nitrogens with zero attached hydrogens (tertiary/aromatic N) is 1. The quantitative estimate of drug-likeness (QED) is 0.633. The highest BCUT2D eigenvalue weighted by Gasteiger charge is 1.99. The zero-order valence-corrected chi connectivity index (χ0v) is 6.20. The number of rotatable bonds is 1. The summed E-state index contributed by atoms with van der Waals surface area (Å²) in [6, 6.07) is 0. The second-order valence-corrected chi connectivity index (χ2v) is 2.59. The smallest absolute Gasteiger partial charge is 0.247 e. The molecule has 0 fully saturated rings.